The van der Waals surface area contributed by atoms with E-state index in [1.165, 1.54) is 0 Å². The molecule has 0 bridgehead atoms. The van der Waals surface area contributed by atoms with Gasteiger partial charge in [0.1, 0.15) is 6.10 Å². The number of Topliss-reactive ketones (excluding diaryl/α,β-unsaturated/α-hetero) is 3. The number of carbonyl (C=O) groups excluding carboxylic acids is 4. The summed E-state index contributed by atoms with van der Waals surface area (Å²) in [5.74, 6) is -7.90. The van der Waals surface area contributed by atoms with Crippen molar-refractivity contribution in [2.24, 2.45) is 0 Å². The minimum absolute atomic E-state index is 0.784. The molecule has 22 heavy (non-hydrogen) atoms. The summed E-state index contributed by atoms with van der Waals surface area (Å²) in [5, 5.41) is 31.1. The summed E-state index contributed by atoms with van der Waals surface area (Å²) in [7, 11) is 0. The molecule has 0 aromatic heterocycles. The maximum atomic E-state index is 12.1. The van der Waals surface area contributed by atoms with Crippen LogP contribution in [0.5, 0.6) is 0 Å². The van der Waals surface area contributed by atoms with E-state index in [2.05, 4.69) is 0 Å². The monoisotopic (exact) mass is 318 g/mol. The quantitative estimate of drug-likeness (QED) is 0.494. The van der Waals surface area contributed by atoms with Gasteiger partial charge in [0.15, 0.2) is 17.3 Å². The van der Waals surface area contributed by atoms with Gasteiger partial charge in [-0.1, -0.05) is 0 Å². The topological polar surface area (TPSA) is 147 Å². The number of ketones is 3. The van der Waals surface area contributed by atoms with Crippen LogP contribution in [0, 0.1) is 0 Å². The van der Waals surface area contributed by atoms with Gasteiger partial charge in [-0.3, -0.25) is 19.2 Å². The number of ether oxygens (including phenoxy) is 2. The van der Waals surface area contributed by atoms with Gasteiger partial charge in [-0.05, 0) is 13.8 Å². The molecule has 0 aromatic carbocycles. The SMILES string of the molecule is CC(=O)O[C@@]1(C(C)=O)C(O)(C(C)=O)OC[C@@H](O)[C@@]1(O)C(C)=O. The summed E-state index contributed by atoms with van der Waals surface area (Å²) in [6.45, 7) is 2.43. The van der Waals surface area contributed by atoms with E-state index in [9.17, 15) is 34.5 Å². The summed E-state index contributed by atoms with van der Waals surface area (Å²) in [4.78, 5) is 47.3. The van der Waals surface area contributed by atoms with E-state index < -0.39 is 53.0 Å². The van der Waals surface area contributed by atoms with Crippen molar-refractivity contribution in [2.75, 3.05) is 6.61 Å². The van der Waals surface area contributed by atoms with E-state index in [4.69, 9.17) is 9.47 Å². The highest BCUT2D eigenvalue weighted by Crippen LogP contribution is 2.45. The molecule has 1 rings (SSSR count). The van der Waals surface area contributed by atoms with Crippen LogP contribution in [0.25, 0.3) is 0 Å². The van der Waals surface area contributed by atoms with Gasteiger partial charge in [0.25, 0.3) is 11.4 Å². The zero-order valence-electron chi connectivity index (χ0n) is 12.6. The third kappa shape index (κ3) is 2.09. The van der Waals surface area contributed by atoms with Gasteiger partial charge in [0.2, 0.25) is 5.60 Å². The molecule has 1 heterocycles. The Morgan fingerprint density at radius 3 is 1.82 bits per heavy atom. The minimum atomic E-state index is -3.12. The first kappa shape index (κ1) is 18.4. The first-order valence-electron chi connectivity index (χ1n) is 6.37. The fourth-order valence-electron chi connectivity index (χ4n) is 2.69. The van der Waals surface area contributed by atoms with Crippen molar-refractivity contribution in [3.8, 4) is 0 Å². The lowest BCUT2D eigenvalue weighted by molar-refractivity contribution is -0.353. The van der Waals surface area contributed by atoms with Gasteiger partial charge in [0, 0.05) is 13.8 Å². The smallest absolute Gasteiger partial charge is 0.303 e. The first-order chi connectivity index (χ1) is 9.87. The zero-order chi connectivity index (χ0) is 17.5. The van der Waals surface area contributed by atoms with Crippen LogP contribution >= 0.6 is 0 Å². The number of aliphatic hydroxyl groups is 3. The van der Waals surface area contributed by atoms with Crippen molar-refractivity contribution in [1.29, 1.82) is 0 Å². The number of carbonyl (C=O) groups is 4. The number of aliphatic hydroxyl groups excluding tert-OH is 1. The van der Waals surface area contributed by atoms with E-state index in [0.29, 0.717) is 0 Å². The predicted octanol–water partition coefficient (Wildman–Crippen LogP) is -2.13. The highest BCUT2D eigenvalue weighted by Gasteiger charge is 2.78. The zero-order valence-corrected chi connectivity index (χ0v) is 12.6. The molecular weight excluding hydrogens is 300 g/mol. The van der Waals surface area contributed by atoms with E-state index in [-0.39, 0.29) is 0 Å². The molecule has 0 saturated carbocycles. The maximum Gasteiger partial charge on any atom is 0.303 e. The lowest BCUT2D eigenvalue weighted by Crippen LogP contribution is -2.84. The van der Waals surface area contributed by atoms with Crippen molar-refractivity contribution in [2.45, 2.75) is 50.8 Å². The molecule has 1 saturated heterocycles. The van der Waals surface area contributed by atoms with E-state index >= 15 is 0 Å². The lowest BCUT2D eigenvalue weighted by atomic mass is 9.66. The predicted molar refractivity (Wildman–Crippen MR) is 68.4 cm³/mol. The Labute approximate surface area is 125 Å². The van der Waals surface area contributed by atoms with Gasteiger partial charge in [0.05, 0.1) is 6.61 Å². The van der Waals surface area contributed by atoms with Crippen LogP contribution in [0.15, 0.2) is 0 Å². The molecule has 9 nitrogen and oxygen atoms in total. The molecule has 4 atom stereocenters. The van der Waals surface area contributed by atoms with Gasteiger partial charge in [-0.25, -0.2) is 0 Å². The van der Waals surface area contributed by atoms with E-state index in [0.717, 1.165) is 27.7 Å². The van der Waals surface area contributed by atoms with Crippen LogP contribution < -0.4 is 0 Å². The van der Waals surface area contributed by atoms with Crippen LogP contribution in [-0.2, 0) is 28.7 Å². The standard InChI is InChI=1S/C13H18O9/c1-6(14)11(19)10(18)5-21-13(20,8(3)16)12(11,7(2)15)22-9(4)17/h10,18-20H,5H2,1-4H3/t10-,11+,12-,13?/m1/s1. The second-order valence-corrected chi connectivity index (χ2v) is 5.18. The molecule has 124 valence electrons. The molecular formula is C13H18O9. The van der Waals surface area contributed by atoms with Crippen molar-refractivity contribution in [3.63, 3.8) is 0 Å². The van der Waals surface area contributed by atoms with Gasteiger partial charge in [-0.2, -0.15) is 0 Å². The van der Waals surface area contributed by atoms with Gasteiger partial charge >= 0.3 is 5.97 Å². The molecule has 0 aromatic rings. The average Bonchev–Trinajstić information content (AvgIpc) is 2.38. The molecule has 1 fully saturated rings. The number of rotatable bonds is 4. The number of hydrogen-bond acceptors (Lipinski definition) is 9. The number of hydrogen-bond donors (Lipinski definition) is 3. The molecule has 0 aliphatic carbocycles. The molecule has 1 unspecified atom stereocenters. The first-order valence-corrected chi connectivity index (χ1v) is 6.37. The maximum absolute atomic E-state index is 12.1. The Balaban J connectivity index is 3.85. The summed E-state index contributed by atoms with van der Waals surface area (Å²) in [5.41, 5.74) is -6.18. The molecule has 9 heteroatoms. The highest BCUT2D eigenvalue weighted by molar-refractivity contribution is 6.05. The van der Waals surface area contributed by atoms with Crippen LogP contribution in [-0.4, -0.2) is 68.3 Å². The van der Waals surface area contributed by atoms with Gasteiger partial charge < -0.3 is 24.8 Å². The normalized spacial score (nSPS) is 38.2. The summed E-state index contributed by atoms with van der Waals surface area (Å²) >= 11 is 0. The van der Waals surface area contributed by atoms with Gasteiger partial charge in [-0.15, -0.1) is 0 Å². The Morgan fingerprint density at radius 1 is 1.00 bits per heavy atom. The summed E-state index contributed by atoms with van der Waals surface area (Å²) in [6.07, 6.45) is -2.01. The Kier molecular flexibility index (Phi) is 4.60. The lowest BCUT2D eigenvalue weighted by Gasteiger charge is -2.54. The van der Waals surface area contributed by atoms with Crippen molar-refractivity contribution >= 4 is 23.3 Å². The van der Waals surface area contributed by atoms with E-state index in [1.807, 2.05) is 0 Å². The molecule has 0 spiro atoms. The van der Waals surface area contributed by atoms with Crippen LogP contribution in [0.2, 0.25) is 0 Å². The van der Waals surface area contributed by atoms with Crippen LogP contribution in [0.3, 0.4) is 0 Å². The summed E-state index contributed by atoms with van der Waals surface area (Å²) < 4.78 is 9.56. The van der Waals surface area contributed by atoms with E-state index in [1.54, 1.807) is 0 Å². The molecule has 1 aliphatic heterocycles. The summed E-state index contributed by atoms with van der Waals surface area (Å²) in [6, 6.07) is 0. The fraction of sp³-hybridized carbons (Fsp3) is 0.692. The van der Waals surface area contributed by atoms with Crippen molar-refractivity contribution in [1.82, 2.24) is 0 Å². The fourth-order valence-corrected chi connectivity index (χ4v) is 2.69. The Morgan fingerprint density at radius 2 is 1.50 bits per heavy atom. The Bertz CT molecular complexity index is 542. The van der Waals surface area contributed by atoms with Crippen LogP contribution in [0.1, 0.15) is 27.7 Å². The van der Waals surface area contributed by atoms with Crippen molar-refractivity contribution < 1.29 is 44.0 Å². The molecule has 3 N–H and O–H groups in total. The second kappa shape index (κ2) is 5.51. The second-order valence-electron chi connectivity index (χ2n) is 5.18. The number of esters is 1. The molecule has 0 radical (unpaired) electrons. The molecule has 0 amide bonds. The van der Waals surface area contributed by atoms with Crippen LogP contribution in [0.4, 0.5) is 0 Å². The minimum Gasteiger partial charge on any atom is -0.441 e. The highest BCUT2D eigenvalue weighted by atomic mass is 16.7. The third-order valence-electron chi connectivity index (χ3n) is 3.75. The molecule has 1 aliphatic rings. The third-order valence-corrected chi connectivity index (χ3v) is 3.75. The van der Waals surface area contributed by atoms with Crippen molar-refractivity contribution in [3.05, 3.63) is 0 Å². The average molecular weight is 318 g/mol. The Hall–Kier alpha value is -1.68. The largest absolute Gasteiger partial charge is 0.441 e.